The van der Waals surface area contributed by atoms with E-state index < -0.39 is 0 Å². The van der Waals surface area contributed by atoms with Gasteiger partial charge < -0.3 is 9.84 Å². The fraction of sp³-hybridized carbons (Fsp3) is 0.500. The van der Waals surface area contributed by atoms with E-state index in [4.69, 9.17) is 4.52 Å². The summed E-state index contributed by atoms with van der Waals surface area (Å²) in [5.74, 6) is 1.24. The highest BCUT2D eigenvalue weighted by atomic mass is 19.1. The Balaban J connectivity index is 1.76. The quantitative estimate of drug-likeness (QED) is 0.940. The van der Waals surface area contributed by atoms with Crippen LogP contribution in [0.3, 0.4) is 0 Å². The van der Waals surface area contributed by atoms with E-state index in [1.54, 1.807) is 13.0 Å². The Hall–Kier alpha value is -1.75. The van der Waals surface area contributed by atoms with Crippen molar-refractivity contribution in [2.24, 2.45) is 0 Å². The molecular formula is C16H20FN3O. The highest BCUT2D eigenvalue weighted by molar-refractivity contribution is 5.55. The maximum Gasteiger partial charge on any atom is 0.230 e. The first-order valence-electron chi connectivity index (χ1n) is 7.44. The van der Waals surface area contributed by atoms with Crippen molar-refractivity contribution in [2.75, 3.05) is 7.05 Å². The fourth-order valence-corrected chi connectivity index (χ4v) is 2.88. The second-order valence-corrected chi connectivity index (χ2v) is 5.76. The number of halogens is 1. The van der Waals surface area contributed by atoms with Gasteiger partial charge in [-0.05, 0) is 51.3 Å². The molecule has 1 heterocycles. The minimum atomic E-state index is -0.242. The summed E-state index contributed by atoms with van der Waals surface area (Å²) in [6, 6.07) is 5.61. The SMILES string of the molecule is CNC1CCC(c2nc(-c3ccc(C)c(F)c3)no2)CC1. The van der Waals surface area contributed by atoms with Crippen molar-refractivity contribution in [3.63, 3.8) is 0 Å². The van der Waals surface area contributed by atoms with Gasteiger partial charge in [-0.25, -0.2) is 4.39 Å². The van der Waals surface area contributed by atoms with Crippen LogP contribution in [0.25, 0.3) is 11.4 Å². The van der Waals surface area contributed by atoms with Crippen molar-refractivity contribution >= 4 is 0 Å². The molecule has 0 saturated heterocycles. The Labute approximate surface area is 123 Å². The topological polar surface area (TPSA) is 51.0 Å². The zero-order chi connectivity index (χ0) is 14.8. The molecule has 3 rings (SSSR count). The van der Waals surface area contributed by atoms with Crippen LogP contribution in [-0.4, -0.2) is 23.2 Å². The molecule has 4 nitrogen and oxygen atoms in total. The van der Waals surface area contributed by atoms with E-state index >= 15 is 0 Å². The molecule has 2 aromatic rings. The highest BCUT2D eigenvalue weighted by Gasteiger charge is 2.25. The summed E-state index contributed by atoms with van der Waals surface area (Å²) in [5.41, 5.74) is 1.28. The number of nitrogens with zero attached hydrogens (tertiary/aromatic N) is 2. The average Bonchev–Trinajstić information content (AvgIpc) is 3.00. The Morgan fingerprint density at radius 2 is 2.00 bits per heavy atom. The third-order valence-electron chi connectivity index (χ3n) is 4.36. The molecule has 1 fully saturated rings. The van der Waals surface area contributed by atoms with Gasteiger partial charge in [0.05, 0.1) is 0 Å². The maximum absolute atomic E-state index is 13.6. The van der Waals surface area contributed by atoms with Gasteiger partial charge in [0, 0.05) is 17.5 Å². The molecule has 112 valence electrons. The van der Waals surface area contributed by atoms with Gasteiger partial charge in [-0.1, -0.05) is 17.3 Å². The lowest BCUT2D eigenvalue weighted by Crippen LogP contribution is -2.29. The predicted octanol–water partition coefficient (Wildman–Crippen LogP) is 3.43. The van der Waals surface area contributed by atoms with Gasteiger partial charge >= 0.3 is 0 Å². The summed E-state index contributed by atoms with van der Waals surface area (Å²) >= 11 is 0. The zero-order valence-electron chi connectivity index (χ0n) is 12.4. The summed E-state index contributed by atoms with van der Waals surface area (Å²) in [5, 5.41) is 7.31. The number of aromatic nitrogens is 2. The molecule has 1 N–H and O–H groups in total. The summed E-state index contributed by atoms with van der Waals surface area (Å²) < 4.78 is 19.0. The van der Waals surface area contributed by atoms with Crippen LogP contribution < -0.4 is 5.32 Å². The molecule has 5 heteroatoms. The van der Waals surface area contributed by atoms with Crippen LogP contribution >= 0.6 is 0 Å². The van der Waals surface area contributed by atoms with Crippen molar-refractivity contribution < 1.29 is 8.91 Å². The highest BCUT2D eigenvalue weighted by Crippen LogP contribution is 2.32. The maximum atomic E-state index is 13.6. The van der Waals surface area contributed by atoms with Gasteiger partial charge in [-0.15, -0.1) is 0 Å². The number of hydrogen-bond donors (Lipinski definition) is 1. The molecule has 0 bridgehead atoms. The number of hydrogen-bond acceptors (Lipinski definition) is 4. The second kappa shape index (κ2) is 5.93. The van der Waals surface area contributed by atoms with E-state index in [1.807, 2.05) is 13.1 Å². The third kappa shape index (κ3) is 2.97. The predicted molar refractivity (Wildman–Crippen MR) is 78.5 cm³/mol. The van der Waals surface area contributed by atoms with Crippen LogP contribution in [0.5, 0.6) is 0 Å². The normalized spacial score (nSPS) is 22.4. The third-order valence-corrected chi connectivity index (χ3v) is 4.36. The summed E-state index contributed by atoms with van der Waals surface area (Å²) in [6.07, 6.45) is 4.35. The van der Waals surface area contributed by atoms with E-state index in [9.17, 15) is 4.39 Å². The van der Waals surface area contributed by atoms with Crippen molar-refractivity contribution in [1.29, 1.82) is 0 Å². The van der Waals surface area contributed by atoms with Crippen molar-refractivity contribution in [2.45, 2.75) is 44.6 Å². The first kappa shape index (κ1) is 14.2. The molecule has 0 spiro atoms. The largest absolute Gasteiger partial charge is 0.339 e. The Bertz CT molecular complexity index is 618. The lowest BCUT2D eigenvalue weighted by Gasteiger charge is -2.25. The van der Waals surface area contributed by atoms with Crippen LogP contribution in [-0.2, 0) is 0 Å². The minimum Gasteiger partial charge on any atom is -0.339 e. The average molecular weight is 289 g/mol. The number of aryl methyl sites for hydroxylation is 1. The van der Waals surface area contributed by atoms with E-state index in [0.29, 0.717) is 34.8 Å². The molecule has 0 amide bonds. The Morgan fingerprint density at radius 3 is 2.67 bits per heavy atom. The first-order valence-corrected chi connectivity index (χ1v) is 7.44. The molecule has 0 radical (unpaired) electrons. The molecule has 1 aliphatic carbocycles. The van der Waals surface area contributed by atoms with Crippen molar-refractivity contribution in [3.8, 4) is 11.4 Å². The summed E-state index contributed by atoms with van der Waals surface area (Å²) in [6.45, 7) is 1.74. The van der Waals surface area contributed by atoms with Gasteiger partial charge in [0.1, 0.15) is 5.82 Å². The molecule has 0 unspecified atom stereocenters. The van der Waals surface area contributed by atoms with Crippen LogP contribution in [0, 0.1) is 12.7 Å². The van der Waals surface area contributed by atoms with Crippen LogP contribution in [0.15, 0.2) is 22.7 Å². The number of rotatable bonds is 3. The van der Waals surface area contributed by atoms with Crippen LogP contribution in [0.4, 0.5) is 4.39 Å². The lowest BCUT2D eigenvalue weighted by atomic mass is 9.86. The molecule has 1 aliphatic rings. The smallest absolute Gasteiger partial charge is 0.230 e. The molecule has 0 atom stereocenters. The summed E-state index contributed by atoms with van der Waals surface area (Å²) in [7, 11) is 2.00. The summed E-state index contributed by atoms with van der Waals surface area (Å²) in [4.78, 5) is 4.46. The standard InChI is InChI=1S/C16H20FN3O/c1-10-3-4-12(9-14(10)17)15-19-16(21-20-15)11-5-7-13(18-2)8-6-11/h3-4,9,11,13,18H,5-8H2,1-2H3. The minimum absolute atomic E-state index is 0.242. The second-order valence-electron chi connectivity index (χ2n) is 5.76. The van der Waals surface area contributed by atoms with Crippen LogP contribution in [0.1, 0.15) is 43.1 Å². The molecule has 1 saturated carbocycles. The fourth-order valence-electron chi connectivity index (χ4n) is 2.88. The molecular weight excluding hydrogens is 269 g/mol. The zero-order valence-corrected chi connectivity index (χ0v) is 12.4. The van der Waals surface area contributed by atoms with Crippen molar-refractivity contribution in [1.82, 2.24) is 15.5 Å². The number of nitrogens with one attached hydrogen (secondary N) is 1. The van der Waals surface area contributed by atoms with E-state index in [0.717, 1.165) is 25.7 Å². The molecule has 21 heavy (non-hydrogen) atoms. The van der Waals surface area contributed by atoms with E-state index in [1.165, 1.54) is 6.07 Å². The van der Waals surface area contributed by atoms with E-state index in [2.05, 4.69) is 15.5 Å². The van der Waals surface area contributed by atoms with Gasteiger partial charge in [0.15, 0.2) is 0 Å². The molecule has 1 aromatic carbocycles. The monoisotopic (exact) mass is 289 g/mol. The van der Waals surface area contributed by atoms with Crippen molar-refractivity contribution in [3.05, 3.63) is 35.5 Å². The Morgan fingerprint density at radius 1 is 1.24 bits per heavy atom. The van der Waals surface area contributed by atoms with Crippen LogP contribution in [0.2, 0.25) is 0 Å². The van der Waals surface area contributed by atoms with Gasteiger partial charge in [0.25, 0.3) is 0 Å². The van der Waals surface area contributed by atoms with Gasteiger partial charge in [0.2, 0.25) is 11.7 Å². The lowest BCUT2D eigenvalue weighted by molar-refractivity contribution is 0.289. The van der Waals surface area contributed by atoms with Gasteiger partial charge in [-0.2, -0.15) is 4.98 Å². The first-order chi connectivity index (χ1) is 10.2. The Kier molecular flexibility index (Phi) is 4.01. The number of benzene rings is 1. The molecule has 0 aliphatic heterocycles. The van der Waals surface area contributed by atoms with Gasteiger partial charge in [-0.3, -0.25) is 0 Å². The van der Waals surface area contributed by atoms with E-state index in [-0.39, 0.29) is 5.82 Å². The molecule has 1 aromatic heterocycles.